The molecule has 34 heavy (non-hydrogen) atoms. The molecule has 0 aliphatic carbocycles. The molecule has 0 saturated carbocycles. The third kappa shape index (κ3) is 6.91. The summed E-state index contributed by atoms with van der Waals surface area (Å²) in [5, 5.41) is 0. The molecule has 11 nitrogen and oxygen atoms in total. The summed E-state index contributed by atoms with van der Waals surface area (Å²) in [6.07, 6.45) is 3.21. The number of ketones is 1. The van der Waals surface area contributed by atoms with Gasteiger partial charge in [0.25, 0.3) is 5.56 Å². The average molecular weight is 493 g/mol. The minimum absolute atomic E-state index is 0.00958. The fourth-order valence-electron chi connectivity index (χ4n) is 2.86. The molecule has 2 heterocycles. The van der Waals surface area contributed by atoms with Crippen molar-refractivity contribution in [3.8, 4) is 5.75 Å². The van der Waals surface area contributed by atoms with Gasteiger partial charge in [-0.15, -0.1) is 6.58 Å². The number of ether oxygens (including phenoxy) is 2. The Balaban J connectivity index is 1.56. The van der Waals surface area contributed by atoms with Crippen LogP contribution in [0, 0.1) is 5.82 Å². The number of halogens is 1. The van der Waals surface area contributed by atoms with E-state index in [0.717, 1.165) is 0 Å². The monoisotopic (exact) mass is 493 g/mol. The molecule has 0 spiro atoms. The van der Waals surface area contributed by atoms with E-state index in [9.17, 15) is 14.0 Å². The molecule has 0 aliphatic rings. The van der Waals surface area contributed by atoms with Crippen LogP contribution in [0.2, 0.25) is 0 Å². The fourth-order valence-corrected chi connectivity index (χ4v) is 3.94. The quantitative estimate of drug-likeness (QED) is 0.197. The second-order valence-corrected chi connectivity index (χ2v) is 8.42. The number of carbonyl (C=O) groups excluding carboxylic acids is 1. The minimum Gasteiger partial charge on any atom is -0.494 e. The topological polar surface area (TPSA) is 144 Å². The minimum atomic E-state index is -1.61. The fraction of sp³-hybridized carbons (Fsp3) is 0.333. The third-order valence-corrected chi connectivity index (χ3v) is 5.73. The lowest BCUT2D eigenvalue weighted by molar-refractivity contribution is -0.120. The van der Waals surface area contributed by atoms with Crippen LogP contribution in [0.4, 0.5) is 10.3 Å². The molecule has 0 aliphatic heterocycles. The number of hydrogen-bond donors (Lipinski definition) is 2. The first kappa shape index (κ1) is 25.4. The second kappa shape index (κ2) is 12.3. The maximum absolute atomic E-state index is 13.9. The van der Waals surface area contributed by atoms with Crippen LogP contribution in [-0.4, -0.2) is 52.0 Å². The summed E-state index contributed by atoms with van der Waals surface area (Å²) in [5.74, 6) is -0.539. The van der Waals surface area contributed by atoms with Gasteiger partial charge in [0.2, 0.25) is 5.95 Å². The molecule has 1 unspecified atom stereocenters. The first-order chi connectivity index (χ1) is 16.4. The van der Waals surface area contributed by atoms with Crippen LogP contribution < -0.4 is 16.0 Å². The number of H-pyrrole nitrogens is 1. The van der Waals surface area contributed by atoms with E-state index in [-0.39, 0.29) is 55.6 Å². The lowest BCUT2D eigenvalue weighted by atomic mass is 10.2. The second-order valence-electron chi connectivity index (χ2n) is 6.98. The number of nitrogens with one attached hydrogen (secondary N) is 1. The number of rotatable bonds is 14. The summed E-state index contributed by atoms with van der Waals surface area (Å²) in [6.45, 7) is 4.00. The molecule has 13 heteroatoms. The van der Waals surface area contributed by atoms with Gasteiger partial charge in [0.05, 0.1) is 26.7 Å². The predicted octanol–water partition coefficient (Wildman–Crippen LogP) is 2.51. The van der Waals surface area contributed by atoms with Crippen LogP contribution in [0.1, 0.15) is 12.0 Å². The molecule has 0 saturated heterocycles. The smallest absolute Gasteiger partial charge is 0.280 e. The van der Waals surface area contributed by atoms with Crippen LogP contribution in [0.5, 0.6) is 5.75 Å². The highest BCUT2D eigenvalue weighted by Crippen LogP contribution is 2.39. The van der Waals surface area contributed by atoms with E-state index in [1.165, 1.54) is 31.6 Å². The van der Waals surface area contributed by atoms with Gasteiger partial charge < -0.3 is 28.8 Å². The Morgan fingerprint density at radius 1 is 1.38 bits per heavy atom. The first-order valence-electron chi connectivity index (χ1n) is 10.2. The SMILES string of the molecule is C=CCC(=O)COP(COCCn1cnc2c(=O)[nH]c(N)nc21)OCc1ccc(OC)c(F)c1. The van der Waals surface area contributed by atoms with E-state index in [1.54, 1.807) is 10.6 Å². The molecule has 0 fully saturated rings. The number of aromatic nitrogens is 4. The first-order valence-corrected chi connectivity index (χ1v) is 11.5. The number of nitrogens with two attached hydrogens (primary N) is 1. The van der Waals surface area contributed by atoms with Crippen molar-refractivity contribution in [1.82, 2.24) is 19.5 Å². The number of nitrogen functional groups attached to an aromatic ring is 1. The van der Waals surface area contributed by atoms with E-state index in [4.69, 9.17) is 24.3 Å². The number of methoxy groups -OCH3 is 1. The van der Waals surface area contributed by atoms with Gasteiger partial charge >= 0.3 is 0 Å². The number of imidazole rings is 1. The van der Waals surface area contributed by atoms with Gasteiger partial charge in [-0.3, -0.25) is 14.6 Å². The van der Waals surface area contributed by atoms with E-state index in [2.05, 4.69) is 21.5 Å². The summed E-state index contributed by atoms with van der Waals surface area (Å²) >= 11 is 0. The highest BCUT2D eigenvalue weighted by Gasteiger charge is 2.15. The zero-order chi connectivity index (χ0) is 24.5. The standard InChI is InChI=1S/C21H25FN5O6P/c1-3-4-15(28)11-33-34(32-10-14-5-6-17(30-2)16(22)9-14)13-31-8-7-27-12-24-18-19(27)25-21(23)26-20(18)29/h3,5-6,9,12H,1,4,7-8,10-11,13H2,2H3,(H3,23,25,26,29). The van der Waals surface area contributed by atoms with Gasteiger partial charge in [-0.25, -0.2) is 9.37 Å². The third-order valence-electron chi connectivity index (χ3n) is 4.50. The van der Waals surface area contributed by atoms with Gasteiger partial charge in [-0.05, 0) is 17.7 Å². The number of nitrogens with zero attached hydrogens (tertiary/aromatic N) is 3. The Kier molecular flexibility index (Phi) is 9.23. The van der Waals surface area contributed by atoms with Crippen LogP contribution in [0.25, 0.3) is 11.2 Å². The molecule has 3 aromatic rings. The summed E-state index contributed by atoms with van der Waals surface area (Å²) < 4.78 is 37.5. The molecular formula is C21H25FN5O6P. The normalized spacial score (nSPS) is 12.1. The van der Waals surface area contributed by atoms with Crippen molar-refractivity contribution in [3.63, 3.8) is 0 Å². The zero-order valence-electron chi connectivity index (χ0n) is 18.5. The van der Waals surface area contributed by atoms with Gasteiger partial charge in [-0.1, -0.05) is 12.1 Å². The molecule has 2 aromatic heterocycles. The maximum Gasteiger partial charge on any atom is 0.280 e. The maximum atomic E-state index is 13.9. The Morgan fingerprint density at radius 3 is 2.94 bits per heavy atom. The number of allylic oxidation sites excluding steroid dienone is 1. The van der Waals surface area contributed by atoms with Crippen molar-refractivity contribution in [1.29, 1.82) is 0 Å². The molecule has 182 valence electrons. The van der Waals surface area contributed by atoms with Crippen LogP contribution in [0.3, 0.4) is 0 Å². The van der Waals surface area contributed by atoms with E-state index in [0.29, 0.717) is 17.8 Å². The molecule has 0 amide bonds. The Hall–Kier alpha value is -3.18. The van der Waals surface area contributed by atoms with E-state index in [1.807, 2.05) is 0 Å². The Labute approximate surface area is 195 Å². The van der Waals surface area contributed by atoms with Crippen molar-refractivity contribution >= 4 is 31.3 Å². The molecule has 1 atom stereocenters. The molecule has 1 aromatic carbocycles. The van der Waals surface area contributed by atoms with Gasteiger partial charge in [0.1, 0.15) is 13.0 Å². The molecular weight excluding hydrogens is 468 g/mol. The largest absolute Gasteiger partial charge is 0.494 e. The van der Waals surface area contributed by atoms with Crippen molar-refractivity contribution in [2.45, 2.75) is 19.6 Å². The van der Waals surface area contributed by atoms with Crippen molar-refractivity contribution < 1.29 is 27.7 Å². The summed E-state index contributed by atoms with van der Waals surface area (Å²) in [7, 11) is -0.225. The summed E-state index contributed by atoms with van der Waals surface area (Å²) in [6, 6.07) is 4.48. The highest BCUT2D eigenvalue weighted by molar-refractivity contribution is 7.47. The Morgan fingerprint density at radius 2 is 2.21 bits per heavy atom. The van der Waals surface area contributed by atoms with E-state index < -0.39 is 19.8 Å². The van der Waals surface area contributed by atoms with Crippen LogP contribution in [0.15, 0.2) is 42.0 Å². The molecule has 0 radical (unpaired) electrons. The highest BCUT2D eigenvalue weighted by atomic mass is 31.2. The van der Waals surface area contributed by atoms with Crippen molar-refractivity contribution in [3.05, 3.63) is 58.9 Å². The van der Waals surface area contributed by atoms with Gasteiger partial charge in [-0.2, -0.15) is 4.98 Å². The van der Waals surface area contributed by atoms with Crippen LogP contribution >= 0.6 is 8.38 Å². The Bertz CT molecular complexity index is 1200. The number of anilines is 1. The lowest BCUT2D eigenvalue weighted by Gasteiger charge is -2.17. The molecule has 0 bridgehead atoms. The van der Waals surface area contributed by atoms with Crippen molar-refractivity contribution in [2.24, 2.45) is 0 Å². The lowest BCUT2D eigenvalue weighted by Crippen LogP contribution is -2.13. The number of carbonyl (C=O) groups is 1. The average Bonchev–Trinajstić information content (AvgIpc) is 3.21. The number of Topliss-reactive ketones (excluding diaryl/α,β-unsaturated/α-hetero) is 1. The van der Waals surface area contributed by atoms with E-state index >= 15 is 0 Å². The summed E-state index contributed by atoms with van der Waals surface area (Å²) in [4.78, 5) is 34.2. The number of hydrogen-bond acceptors (Lipinski definition) is 9. The summed E-state index contributed by atoms with van der Waals surface area (Å²) in [5.41, 5.74) is 6.27. The number of fused-ring (bicyclic) bond motifs is 1. The number of aromatic amines is 1. The molecule has 3 rings (SSSR count). The molecule has 3 N–H and O–H groups in total. The number of benzene rings is 1. The van der Waals surface area contributed by atoms with Gasteiger partial charge in [0.15, 0.2) is 36.9 Å². The zero-order valence-corrected chi connectivity index (χ0v) is 19.4. The van der Waals surface area contributed by atoms with Crippen molar-refractivity contribution in [2.75, 3.05) is 32.4 Å². The van der Waals surface area contributed by atoms with Gasteiger partial charge in [0, 0.05) is 13.0 Å². The predicted molar refractivity (Wildman–Crippen MR) is 124 cm³/mol. The van der Waals surface area contributed by atoms with Crippen LogP contribution in [-0.2, 0) is 31.7 Å².